The highest BCUT2D eigenvalue weighted by Crippen LogP contribution is 2.28. The van der Waals surface area contributed by atoms with Crippen LogP contribution < -0.4 is 0 Å². The highest BCUT2D eigenvalue weighted by molar-refractivity contribution is 5.79. The van der Waals surface area contributed by atoms with Crippen LogP contribution in [-0.4, -0.2) is 5.11 Å². The zero-order valence-corrected chi connectivity index (χ0v) is 10.6. The lowest BCUT2D eigenvalue weighted by molar-refractivity contribution is 0.220. The smallest absolute Gasteiger partial charge is 0.133 e. The molecule has 0 aliphatic carbocycles. The van der Waals surface area contributed by atoms with Crippen molar-refractivity contribution < 1.29 is 13.9 Å². The lowest BCUT2D eigenvalue weighted by atomic mass is 9.99. The Morgan fingerprint density at radius 1 is 0.700 bits per heavy atom. The topological polar surface area (TPSA) is 46.5 Å². The number of aliphatic hydroxyl groups is 1. The predicted octanol–water partition coefficient (Wildman–Crippen LogP) is 4.26. The first-order valence-electron chi connectivity index (χ1n) is 6.44. The van der Waals surface area contributed by atoms with Crippen LogP contribution in [0, 0.1) is 0 Å². The average Bonchev–Trinajstić information content (AvgIpc) is 3.13. The van der Waals surface area contributed by atoms with Crippen molar-refractivity contribution in [1.29, 1.82) is 0 Å². The summed E-state index contributed by atoms with van der Waals surface area (Å²) in [5.74, 6) is 0. The molecule has 0 fully saturated rings. The molecule has 0 aliphatic rings. The van der Waals surface area contributed by atoms with Crippen molar-refractivity contribution in [2.24, 2.45) is 0 Å². The van der Waals surface area contributed by atoms with Gasteiger partial charge in [-0.15, -0.1) is 0 Å². The van der Waals surface area contributed by atoms with E-state index in [1.165, 1.54) is 0 Å². The fourth-order valence-electron chi connectivity index (χ4n) is 2.50. The molecule has 0 unspecified atom stereocenters. The molecule has 1 N–H and O–H groups in total. The van der Waals surface area contributed by atoms with E-state index in [1.807, 2.05) is 48.5 Å². The van der Waals surface area contributed by atoms with Gasteiger partial charge in [-0.3, -0.25) is 0 Å². The molecule has 0 spiro atoms. The third-order valence-electron chi connectivity index (χ3n) is 3.58. The first kappa shape index (κ1) is 11.3. The van der Waals surface area contributed by atoms with E-state index in [-0.39, 0.29) is 0 Å². The largest absolute Gasteiger partial charge is 0.464 e. The Balaban J connectivity index is 1.79. The Morgan fingerprint density at radius 3 is 1.70 bits per heavy atom. The Kier molecular flexibility index (Phi) is 2.41. The third-order valence-corrected chi connectivity index (χ3v) is 3.58. The summed E-state index contributed by atoms with van der Waals surface area (Å²) >= 11 is 0. The van der Waals surface area contributed by atoms with Crippen molar-refractivity contribution in [2.45, 2.75) is 6.10 Å². The summed E-state index contributed by atoms with van der Waals surface area (Å²) in [6, 6.07) is 15.2. The second kappa shape index (κ2) is 4.25. The summed E-state index contributed by atoms with van der Waals surface area (Å²) in [5, 5.41) is 12.5. The maximum absolute atomic E-state index is 10.5. The van der Waals surface area contributed by atoms with Crippen molar-refractivity contribution >= 4 is 21.9 Å². The molecule has 2 aromatic carbocycles. The van der Waals surface area contributed by atoms with E-state index in [9.17, 15) is 5.11 Å². The molecule has 0 atom stereocenters. The van der Waals surface area contributed by atoms with Gasteiger partial charge in [0.15, 0.2) is 0 Å². The number of hydrogen-bond donors (Lipinski definition) is 1. The standard InChI is InChI=1S/C17H12O3/c18-17(13-1-3-15-11(9-13)5-7-19-15)14-2-4-16-12(10-14)6-8-20-16/h1-10,17-18H. The number of fused-ring (bicyclic) bond motifs is 2. The van der Waals surface area contributed by atoms with Gasteiger partial charge in [0.2, 0.25) is 0 Å². The van der Waals surface area contributed by atoms with Gasteiger partial charge in [0.05, 0.1) is 12.5 Å². The molecule has 2 heterocycles. The van der Waals surface area contributed by atoms with Gasteiger partial charge >= 0.3 is 0 Å². The number of aliphatic hydroxyl groups excluding tert-OH is 1. The van der Waals surface area contributed by atoms with Crippen LogP contribution in [0.5, 0.6) is 0 Å². The van der Waals surface area contributed by atoms with Crippen molar-refractivity contribution in [2.75, 3.05) is 0 Å². The summed E-state index contributed by atoms with van der Waals surface area (Å²) in [4.78, 5) is 0. The predicted molar refractivity (Wildman–Crippen MR) is 76.5 cm³/mol. The van der Waals surface area contributed by atoms with E-state index in [1.54, 1.807) is 12.5 Å². The molecule has 0 bridgehead atoms. The number of hydrogen-bond acceptors (Lipinski definition) is 3. The van der Waals surface area contributed by atoms with Gasteiger partial charge in [-0.25, -0.2) is 0 Å². The Labute approximate surface area is 115 Å². The zero-order valence-electron chi connectivity index (χ0n) is 10.6. The van der Waals surface area contributed by atoms with Crippen molar-refractivity contribution in [1.82, 2.24) is 0 Å². The maximum Gasteiger partial charge on any atom is 0.133 e. The Hall–Kier alpha value is -2.52. The Morgan fingerprint density at radius 2 is 1.20 bits per heavy atom. The molecular formula is C17H12O3. The van der Waals surface area contributed by atoms with E-state index in [2.05, 4.69) is 0 Å². The lowest BCUT2D eigenvalue weighted by Crippen LogP contribution is -1.99. The summed E-state index contributed by atoms with van der Waals surface area (Å²) in [7, 11) is 0. The minimum absolute atomic E-state index is 0.659. The van der Waals surface area contributed by atoms with Gasteiger partial charge in [-0.2, -0.15) is 0 Å². The van der Waals surface area contributed by atoms with Crippen LogP contribution in [0.3, 0.4) is 0 Å². The molecule has 0 saturated heterocycles. The second-order valence-electron chi connectivity index (χ2n) is 4.84. The Bertz CT molecular complexity index is 811. The molecule has 3 nitrogen and oxygen atoms in total. The van der Waals surface area contributed by atoms with Crippen LogP contribution in [0.15, 0.2) is 69.9 Å². The van der Waals surface area contributed by atoms with Crippen LogP contribution in [0.25, 0.3) is 21.9 Å². The fourth-order valence-corrected chi connectivity index (χ4v) is 2.50. The second-order valence-corrected chi connectivity index (χ2v) is 4.84. The van der Waals surface area contributed by atoms with Crippen LogP contribution in [0.1, 0.15) is 17.2 Å². The third kappa shape index (κ3) is 1.72. The molecule has 0 amide bonds. The molecular weight excluding hydrogens is 252 g/mol. The van der Waals surface area contributed by atoms with E-state index < -0.39 is 6.10 Å². The fraction of sp³-hybridized carbons (Fsp3) is 0.0588. The number of benzene rings is 2. The van der Waals surface area contributed by atoms with Crippen molar-refractivity contribution in [3.8, 4) is 0 Å². The number of rotatable bonds is 2. The highest BCUT2D eigenvalue weighted by Gasteiger charge is 2.12. The highest BCUT2D eigenvalue weighted by atomic mass is 16.3. The zero-order chi connectivity index (χ0) is 13.5. The van der Waals surface area contributed by atoms with Gasteiger partial charge in [-0.1, -0.05) is 12.1 Å². The van der Waals surface area contributed by atoms with E-state index in [0.29, 0.717) is 0 Å². The molecule has 4 rings (SSSR count). The van der Waals surface area contributed by atoms with E-state index in [4.69, 9.17) is 8.83 Å². The molecule has 4 aromatic rings. The summed E-state index contributed by atoms with van der Waals surface area (Å²) in [6.45, 7) is 0. The first-order valence-corrected chi connectivity index (χ1v) is 6.44. The van der Waals surface area contributed by atoms with Gasteiger partial charge in [0.1, 0.15) is 17.3 Å². The molecule has 3 heteroatoms. The van der Waals surface area contributed by atoms with Gasteiger partial charge in [0.25, 0.3) is 0 Å². The van der Waals surface area contributed by atoms with Gasteiger partial charge in [0, 0.05) is 10.8 Å². The van der Waals surface area contributed by atoms with Gasteiger partial charge in [-0.05, 0) is 47.5 Å². The minimum atomic E-state index is -0.659. The molecule has 20 heavy (non-hydrogen) atoms. The van der Waals surface area contributed by atoms with Crippen LogP contribution >= 0.6 is 0 Å². The lowest BCUT2D eigenvalue weighted by Gasteiger charge is -2.11. The van der Waals surface area contributed by atoms with Crippen LogP contribution in [-0.2, 0) is 0 Å². The normalized spacial score (nSPS) is 11.7. The van der Waals surface area contributed by atoms with Crippen molar-refractivity contribution in [3.05, 3.63) is 72.2 Å². The van der Waals surface area contributed by atoms with Crippen molar-refractivity contribution in [3.63, 3.8) is 0 Å². The molecule has 98 valence electrons. The monoisotopic (exact) mass is 264 g/mol. The average molecular weight is 264 g/mol. The molecule has 0 saturated carbocycles. The summed E-state index contributed by atoms with van der Waals surface area (Å²) in [5.41, 5.74) is 3.35. The van der Waals surface area contributed by atoms with E-state index in [0.717, 1.165) is 33.1 Å². The molecule has 0 aliphatic heterocycles. The molecule has 2 aromatic heterocycles. The van der Waals surface area contributed by atoms with Crippen LogP contribution in [0.2, 0.25) is 0 Å². The van der Waals surface area contributed by atoms with Gasteiger partial charge < -0.3 is 13.9 Å². The minimum Gasteiger partial charge on any atom is -0.464 e. The summed E-state index contributed by atoms with van der Waals surface area (Å²) in [6.07, 6.45) is 2.64. The first-order chi connectivity index (χ1) is 9.81. The quantitative estimate of drug-likeness (QED) is 0.588. The van der Waals surface area contributed by atoms with Crippen LogP contribution in [0.4, 0.5) is 0 Å². The summed E-state index contributed by atoms with van der Waals surface area (Å²) < 4.78 is 10.6. The SMILES string of the molecule is OC(c1ccc2occc2c1)c1ccc2occc2c1. The number of furan rings is 2. The molecule has 0 radical (unpaired) electrons. The maximum atomic E-state index is 10.5. The van der Waals surface area contributed by atoms with E-state index >= 15 is 0 Å².